The number of amides is 1. The second-order valence-electron chi connectivity index (χ2n) is 7.76. The van der Waals surface area contributed by atoms with Crippen molar-refractivity contribution in [2.45, 2.75) is 44.6 Å². The van der Waals surface area contributed by atoms with Crippen LogP contribution in [0.15, 0.2) is 12.4 Å². The first-order chi connectivity index (χ1) is 13.5. The Balaban J connectivity index is 1.37. The van der Waals surface area contributed by atoms with E-state index in [1.54, 1.807) is 10.9 Å². The highest BCUT2D eigenvalue weighted by atomic mass is 19.1. The van der Waals surface area contributed by atoms with E-state index in [0.717, 1.165) is 30.8 Å². The molecule has 2 saturated heterocycles. The van der Waals surface area contributed by atoms with E-state index in [2.05, 4.69) is 30.9 Å². The monoisotopic (exact) mass is 390 g/mol. The lowest BCUT2D eigenvalue weighted by Gasteiger charge is -2.23. The predicted molar refractivity (Wildman–Crippen MR) is 101 cm³/mol. The molecule has 28 heavy (non-hydrogen) atoms. The van der Waals surface area contributed by atoms with Gasteiger partial charge < -0.3 is 10.6 Å². The quantitative estimate of drug-likeness (QED) is 0.732. The number of nitrogens with one attached hydrogen (secondary N) is 2. The molecule has 4 rings (SSSR count). The number of hydrogen-bond donors (Lipinski definition) is 2. The molecule has 3 atom stereocenters. The maximum atomic E-state index is 14.0. The van der Waals surface area contributed by atoms with Crippen LogP contribution in [0.25, 0.3) is 0 Å². The van der Waals surface area contributed by atoms with Crippen molar-refractivity contribution in [1.29, 1.82) is 0 Å². The van der Waals surface area contributed by atoms with Crippen LogP contribution in [0.4, 0.5) is 4.39 Å². The van der Waals surface area contributed by atoms with E-state index in [9.17, 15) is 9.18 Å². The van der Waals surface area contributed by atoms with Crippen molar-refractivity contribution in [2.24, 2.45) is 7.05 Å². The van der Waals surface area contributed by atoms with Gasteiger partial charge in [-0.25, -0.2) is 9.07 Å². The van der Waals surface area contributed by atoms with Crippen molar-refractivity contribution >= 4 is 5.91 Å². The highest BCUT2D eigenvalue weighted by Crippen LogP contribution is 2.22. The fourth-order valence-corrected chi connectivity index (χ4v) is 4.16. The molecule has 2 aliphatic heterocycles. The van der Waals surface area contributed by atoms with Gasteiger partial charge in [0.1, 0.15) is 6.17 Å². The second-order valence-corrected chi connectivity index (χ2v) is 7.76. The van der Waals surface area contributed by atoms with Crippen LogP contribution < -0.4 is 10.6 Å². The fourth-order valence-electron chi connectivity index (χ4n) is 4.16. The molecule has 0 radical (unpaired) electrons. The molecule has 0 aliphatic carbocycles. The van der Waals surface area contributed by atoms with Gasteiger partial charge in [-0.2, -0.15) is 5.10 Å². The van der Waals surface area contributed by atoms with Crippen LogP contribution in [-0.4, -0.2) is 74.0 Å². The molecular formula is C18H27FN8O. The van der Waals surface area contributed by atoms with Crippen LogP contribution in [-0.2, 0) is 13.6 Å². The summed E-state index contributed by atoms with van der Waals surface area (Å²) in [5.41, 5.74) is 2.16. The van der Waals surface area contributed by atoms with Gasteiger partial charge in [-0.15, -0.1) is 5.10 Å². The van der Waals surface area contributed by atoms with Crippen molar-refractivity contribution < 1.29 is 9.18 Å². The van der Waals surface area contributed by atoms with Crippen molar-refractivity contribution in [3.63, 3.8) is 0 Å². The normalized spacial score (nSPS) is 25.5. The highest BCUT2D eigenvalue weighted by Gasteiger charge is 2.33. The van der Waals surface area contributed by atoms with Gasteiger partial charge in [0.15, 0.2) is 5.69 Å². The zero-order valence-corrected chi connectivity index (χ0v) is 16.3. The number of alkyl halides is 1. The van der Waals surface area contributed by atoms with Crippen LogP contribution in [0.5, 0.6) is 0 Å². The summed E-state index contributed by atoms with van der Waals surface area (Å²) in [6.45, 7) is 5.04. The van der Waals surface area contributed by atoms with E-state index >= 15 is 0 Å². The predicted octanol–water partition coefficient (Wildman–Crippen LogP) is 0.197. The number of carbonyl (C=O) groups excluding carboxylic acids is 1. The fraction of sp³-hybridized carbons (Fsp3) is 0.667. The number of likely N-dealkylation sites (tertiary alicyclic amines) is 1. The van der Waals surface area contributed by atoms with Gasteiger partial charge in [0.25, 0.3) is 5.91 Å². The summed E-state index contributed by atoms with van der Waals surface area (Å²) in [6.07, 6.45) is 4.24. The summed E-state index contributed by atoms with van der Waals surface area (Å²) < 4.78 is 17.6. The standard InChI is InChI=1S/C18H27FN8O/c1-12-17(23-24-27(12)15-3-4-20-7-15)18(28)21-8-16-5-14(19)11-26(16)10-13-6-22-25(2)9-13/h6,9,14-16,20H,3-5,7-8,10-11H2,1-2H3,(H,21,28)/t14-,15?,16-/m0/s1. The van der Waals surface area contributed by atoms with Crippen LogP contribution in [0, 0.1) is 6.92 Å². The van der Waals surface area contributed by atoms with Gasteiger partial charge in [-0.1, -0.05) is 5.21 Å². The molecule has 0 saturated carbocycles. The molecule has 9 nitrogen and oxygen atoms in total. The van der Waals surface area contributed by atoms with Gasteiger partial charge >= 0.3 is 0 Å². The van der Waals surface area contributed by atoms with Crippen molar-refractivity contribution in [2.75, 3.05) is 26.2 Å². The minimum absolute atomic E-state index is 0.0476. The molecule has 10 heteroatoms. The van der Waals surface area contributed by atoms with E-state index in [-0.39, 0.29) is 18.0 Å². The lowest BCUT2D eigenvalue weighted by molar-refractivity contribution is 0.0934. The van der Waals surface area contributed by atoms with E-state index in [4.69, 9.17) is 0 Å². The smallest absolute Gasteiger partial charge is 0.273 e. The Bertz CT molecular complexity index is 827. The Labute approximate surface area is 163 Å². The van der Waals surface area contributed by atoms with Gasteiger partial charge in [-0.3, -0.25) is 14.4 Å². The molecule has 0 bridgehead atoms. The number of nitrogens with zero attached hydrogens (tertiary/aromatic N) is 6. The molecule has 2 aromatic rings. The molecule has 152 valence electrons. The Hall–Kier alpha value is -2.33. The Morgan fingerprint density at radius 1 is 1.46 bits per heavy atom. The average Bonchev–Trinajstić information content (AvgIpc) is 3.42. The molecule has 2 aliphatic rings. The largest absolute Gasteiger partial charge is 0.349 e. The molecule has 0 spiro atoms. The zero-order chi connectivity index (χ0) is 19.7. The molecule has 1 amide bonds. The molecule has 0 aromatic carbocycles. The third-order valence-corrected chi connectivity index (χ3v) is 5.64. The number of aryl methyl sites for hydroxylation is 1. The van der Waals surface area contributed by atoms with Gasteiger partial charge in [0.2, 0.25) is 0 Å². The van der Waals surface area contributed by atoms with Crippen molar-refractivity contribution in [3.05, 3.63) is 29.3 Å². The summed E-state index contributed by atoms with van der Waals surface area (Å²) in [6, 6.07) is 0.194. The summed E-state index contributed by atoms with van der Waals surface area (Å²) >= 11 is 0. The van der Waals surface area contributed by atoms with Crippen LogP contribution in [0.1, 0.15) is 40.6 Å². The van der Waals surface area contributed by atoms with E-state index in [1.807, 2.05) is 24.9 Å². The summed E-state index contributed by atoms with van der Waals surface area (Å²) in [5.74, 6) is -0.252. The molecule has 4 heterocycles. The van der Waals surface area contributed by atoms with Crippen molar-refractivity contribution in [3.8, 4) is 0 Å². The maximum absolute atomic E-state index is 14.0. The number of hydrogen-bond acceptors (Lipinski definition) is 6. The van der Waals surface area contributed by atoms with Gasteiger partial charge in [0.05, 0.1) is 17.9 Å². The Morgan fingerprint density at radius 2 is 2.32 bits per heavy atom. The van der Waals surface area contributed by atoms with Crippen LogP contribution in [0.2, 0.25) is 0 Å². The summed E-state index contributed by atoms with van der Waals surface area (Å²) in [7, 11) is 1.86. The second kappa shape index (κ2) is 7.96. The third kappa shape index (κ3) is 3.93. The molecule has 2 aromatic heterocycles. The van der Waals surface area contributed by atoms with E-state index in [1.165, 1.54) is 0 Å². The highest BCUT2D eigenvalue weighted by molar-refractivity contribution is 5.93. The molecular weight excluding hydrogens is 363 g/mol. The third-order valence-electron chi connectivity index (χ3n) is 5.64. The minimum atomic E-state index is -0.879. The topological polar surface area (TPSA) is 92.9 Å². The van der Waals surface area contributed by atoms with E-state index in [0.29, 0.717) is 31.7 Å². The lowest BCUT2D eigenvalue weighted by atomic mass is 10.2. The first-order valence-electron chi connectivity index (χ1n) is 9.77. The zero-order valence-electron chi connectivity index (χ0n) is 16.3. The average molecular weight is 390 g/mol. The summed E-state index contributed by atoms with van der Waals surface area (Å²) in [4.78, 5) is 14.7. The SMILES string of the molecule is Cc1c(C(=O)NC[C@@H]2C[C@H](F)CN2Cc2cnn(C)c2)nnn1C1CCNC1. The van der Waals surface area contributed by atoms with Gasteiger partial charge in [0, 0.05) is 51.0 Å². The summed E-state index contributed by atoms with van der Waals surface area (Å²) in [5, 5.41) is 18.6. The van der Waals surface area contributed by atoms with E-state index < -0.39 is 6.17 Å². The van der Waals surface area contributed by atoms with Crippen LogP contribution >= 0.6 is 0 Å². The first-order valence-corrected chi connectivity index (χ1v) is 9.77. The Morgan fingerprint density at radius 3 is 3.04 bits per heavy atom. The minimum Gasteiger partial charge on any atom is -0.349 e. The number of rotatable bonds is 6. The van der Waals surface area contributed by atoms with Gasteiger partial charge in [-0.05, 0) is 26.3 Å². The first kappa shape index (κ1) is 19.0. The molecule has 2 fully saturated rings. The molecule has 2 N–H and O–H groups in total. The number of aromatic nitrogens is 5. The Kier molecular flexibility index (Phi) is 5.40. The lowest BCUT2D eigenvalue weighted by Crippen LogP contribution is -2.40. The maximum Gasteiger partial charge on any atom is 0.273 e. The number of halogens is 1. The van der Waals surface area contributed by atoms with Crippen LogP contribution in [0.3, 0.4) is 0 Å². The molecule has 1 unspecified atom stereocenters. The number of carbonyl (C=O) groups is 1. The van der Waals surface area contributed by atoms with Crippen molar-refractivity contribution in [1.82, 2.24) is 40.3 Å².